The first-order valence-electron chi connectivity index (χ1n) is 10.8. The van der Waals surface area contributed by atoms with E-state index in [1.165, 1.54) is 0 Å². The van der Waals surface area contributed by atoms with Gasteiger partial charge in [0.2, 0.25) is 0 Å². The van der Waals surface area contributed by atoms with E-state index in [0.717, 1.165) is 37.3 Å². The third-order valence-electron chi connectivity index (χ3n) is 6.17. The minimum atomic E-state index is -0.296. The fourth-order valence-electron chi connectivity index (χ4n) is 4.33. The van der Waals surface area contributed by atoms with Gasteiger partial charge in [0.05, 0.1) is 4.92 Å². The normalized spacial score (nSPS) is 16.5. The van der Waals surface area contributed by atoms with E-state index in [1.54, 1.807) is 6.07 Å². The fourth-order valence-corrected chi connectivity index (χ4v) is 4.33. The van der Waals surface area contributed by atoms with E-state index in [-0.39, 0.29) is 16.5 Å². The molecule has 0 saturated carbocycles. The lowest BCUT2D eigenvalue weighted by Gasteiger charge is -2.36. The smallest absolute Gasteiger partial charge is 0.292 e. The number of carbonyl (C=O) groups excluding carboxylic acids is 1. The molecular weight excluding hydrogens is 394 g/mol. The van der Waals surface area contributed by atoms with Gasteiger partial charge in [0.1, 0.15) is 5.69 Å². The summed E-state index contributed by atoms with van der Waals surface area (Å²) in [6.45, 7) is 4.39. The van der Waals surface area contributed by atoms with E-state index in [4.69, 9.17) is 0 Å². The number of hydrogen-bond donors (Lipinski definition) is 0. The molecule has 4 rings (SSSR count). The second-order valence-electron chi connectivity index (χ2n) is 8.34. The first-order valence-corrected chi connectivity index (χ1v) is 10.8. The topological polar surface area (TPSA) is 73.2 Å². The highest BCUT2D eigenvalue weighted by Gasteiger charge is 2.26. The Morgan fingerprint density at radius 2 is 1.55 bits per heavy atom. The van der Waals surface area contributed by atoms with Gasteiger partial charge in [0.25, 0.3) is 11.6 Å². The highest BCUT2D eigenvalue weighted by molar-refractivity contribution is 5.94. The van der Waals surface area contributed by atoms with Gasteiger partial charge < -0.3 is 19.6 Å². The standard InChI is InChI=1S/C23H29N5O3/c1-24(2)19-7-5-18(6-8-19)23(29)27-15-13-25(14-16-27)20-9-10-21(28(30)31)22(17-20)26-11-3-4-12-26/h5-10,17H,3-4,11-16H2,1-2H3. The Morgan fingerprint density at radius 3 is 2.13 bits per heavy atom. The number of piperazine rings is 1. The van der Waals surface area contributed by atoms with Crippen LogP contribution in [0.4, 0.5) is 22.7 Å². The van der Waals surface area contributed by atoms with Crippen LogP contribution in [0.25, 0.3) is 0 Å². The summed E-state index contributed by atoms with van der Waals surface area (Å²) in [6, 6.07) is 13.1. The van der Waals surface area contributed by atoms with Gasteiger partial charge >= 0.3 is 0 Å². The molecule has 2 fully saturated rings. The Hall–Kier alpha value is -3.29. The van der Waals surface area contributed by atoms with Crippen LogP contribution in [0.2, 0.25) is 0 Å². The highest BCUT2D eigenvalue weighted by atomic mass is 16.6. The zero-order valence-electron chi connectivity index (χ0n) is 18.2. The molecule has 2 heterocycles. The predicted molar refractivity (Wildman–Crippen MR) is 123 cm³/mol. The molecule has 2 saturated heterocycles. The molecule has 2 aromatic carbocycles. The van der Waals surface area contributed by atoms with Crippen LogP contribution >= 0.6 is 0 Å². The SMILES string of the molecule is CN(C)c1ccc(C(=O)N2CCN(c3ccc([N+](=O)[O-])c(N4CCCC4)c3)CC2)cc1. The maximum atomic E-state index is 12.9. The van der Waals surface area contributed by atoms with Crippen molar-refractivity contribution in [2.45, 2.75) is 12.8 Å². The molecule has 0 N–H and O–H groups in total. The van der Waals surface area contributed by atoms with Gasteiger partial charge in [-0.05, 0) is 49.2 Å². The Balaban J connectivity index is 1.44. The Labute approximate surface area is 182 Å². The van der Waals surface area contributed by atoms with Gasteiger partial charge in [-0.1, -0.05) is 0 Å². The maximum absolute atomic E-state index is 12.9. The molecule has 0 aliphatic carbocycles. The number of benzene rings is 2. The first kappa shape index (κ1) is 21.0. The van der Waals surface area contributed by atoms with Crippen LogP contribution in [0.3, 0.4) is 0 Å². The van der Waals surface area contributed by atoms with E-state index >= 15 is 0 Å². The number of nitro benzene ring substituents is 1. The van der Waals surface area contributed by atoms with Crippen molar-refractivity contribution < 1.29 is 9.72 Å². The second kappa shape index (κ2) is 8.83. The molecule has 8 nitrogen and oxygen atoms in total. The van der Waals surface area contributed by atoms with Gasteiger partial charge in [-0.2, -0.15) is 0 Å². The molecule has 164 valence electrons. The number of nitro groups is 1. The van der Waals surface area contributed by atoms with Crippen LogP contribution in [-0.4, -0.2) is 69.1 Å². The average molecular weight is 424 g/mol. The van der Waals surface area contributed by atoms with Gasteiger partial charge in [0, 0.05) is 76.4 Å². The molecule has 1 amide bonds. The number of nitrogens with zero attached hydrogens (tertiary/aromatic N) is 5. The molecule has 0 aromatic heterocycles. The predicted octanol–water partition coefficient (Wildman–Crippen LogP) is 3.22. The summed E-state index contributed by atoms with van der Waals surface area (Å²) in [5.74, 6) is 0.0476. The van der Waals surface area contributed by atoms with Crippen LogP contribution < -0.4 is 14.7 Å². The summed E-state index contributed by atoms with van der Waals surface area (Å²) >= 11 is 0. The third kappa shape index (κ3) is 4.42. The lowest BCUT2D eigenvalue weighted by molar-refractivity contribution is -0.384. The number of hydrogen-bond acceptors (Lipinski definition) is 6. The van der Waals surface area contributed by atoms with Crippen LogP contribution in [0.5, 0.6) is 0 Å². The van der Waals surface area contributed by atoms with Crippen molar-refractivity contribution >= 4 is 28.7 Å². The summed E-state index contributed by atoms with van der Waals surface area (Å²) in [7, 11) is 3.95. The Bertz CT molecular complexity index is 946. The van der Waals surface area contributed by atoms with E-state index < -0.39 is 0 Å². The van der Waals surface area contributed by atoms with Crippen LogP contribution in [0.15, 0.2) is 42.5 Å². The molecule has 0 spiro atoms. The van der Waals surface area contributed by atoms with Crippen molar-refractivity contribution in [3.05, 3.63) is 58.1 Å². The van der Waals surface area contributed by atoms with Crippen molar-refractivity contribution in [3.63, 3.8) is 0 Å². The molecule has 0 unspecified atom stereocenters. The van der Waals surface area contributed by atoms with Crippen LogP contribution in [0, 0.1) is 10.1 Å². The summed E-state index contributed by atoms with van der Waals surface area (Å²) in [5.41, 5.74) is 3.62. The average Bonchev–Trinajstić information content (AvgIpc) is 3.33. The molecule has 2 aliphatic rings. The summed E-state index contributed by atoms with van der Waals surface area (Å²) in [6.07, 6.45) is 2.13. The number of carbonyl (C=O) groups is 1. The molecule has 2 aliphatic heterocycles. The van der Waals surface area contributed by atoms with Gasteiger partial charge in [-0.15, -0.1) is 0 Å². The van der Waals surface area contributed by atoms with Crippen molar-refractivity contribution in [2.75, 3.05) is 68.1 Å². The lowest BCUT2D eigenvalue weighted by Crippen LogP contribution is -2.48. The third-order valence-corrected chi connectivity index (χ3v) is 6.17. The molecule has 31 heavy (non-hydrogen) atoms. The second-order valence-corrected chi connectivity index (χ2v) is 8.34. The number of amides is 1. The molecular formula is C23H29N5O3. The van der Waals surface area contributed by atoms with Gasteiger partial charge in [-0.25, -0.2) is 0 Å². The molecule has 2 aromatic rings. The van der Waals surface area contributed by atoms with Gasteiger partial charge in [0.15, 0.2) is 0 Å². The number of anilines is 3. The van der Waals surface area contributed by atoms with Crippen molar-refractivity contribution in [2.24, 2.45) is 0 Å². The van der Waals surface area contributed by atoms with Crippen LogP contribution in [-0.2, 0) is 0 Å². The first-order chi connectivity index (χ1) is 14.9. The molecule has 0 atom stereocenters. The Kier molecular flexibility index (Phi) is 5.97. The minimum absolute atomic E-state index is 0.0476. The lowest BCUT2D eigenvalue weighted by atomic mass is 10.1. The van der Waals surface area contributed by atoms with Crippen molar-refractivity contribution in [1.29, 1.82) is 0 Å². The van der Waals surface area contributed by atoms with E-state index in [9.17, 15) is 14.9 Å². The summed E-state index contributed by atoms with van der Waals surface area (Å²) < 4.78 is 0. The zero-order chi connectivity index (χ0) is 22.0. The van der Waals surface area contributed by atoms with E-state index in [1.807, 2.05) is 60.3 Å². The number of rotatable bonds is 5. The molecule has 8 heteroatoms. The van der Waals surface area contributed by atoms with Crippen LogP contribution in [0.1, 0.15) is 23.2 Å². The van der Waals surface area contributed by atoms with E-state index in [2.05, 4.69) is 9.80 Å². The van der Waals surface area contributed by atoms with Crippen molar-refractivity contribution in [1.82, 2.24) is 4.90 Å². The largest absolute Gasteiger partial charge is 0.378 e. The minimum Gasteiger partial charge on any atom is -0.378 e. The van der Waals surface area contributed by atoms with Gasteiger partial charge in [-0.3, -0.25) is 14.9 Å². The maximum Gasteiger partial charge on any atom is 0.292 e. The zero-order valence-corrected chi connectivity index (χ0v) is 18.2. The van der Waals surface area contributed by atoms with Crippen molar-refractivity contribution in [3.8, 4) is 0 Å². The summed E-state index contributed by atoms with van der Waals surface area (Å²) in [5, 5.41) is 11.5. The molecule has 0 bridgehead atoms. The highest BCUT2D eigenvalue weighted by Crippen LogP contribution is 2.35. The Morgan fingerprint density at radius 1 is 0.903 bits per heavy atom. The quantitative estimate of drug-likeness (QED) is 0.543. The van der Waals surface area contributed by atoms with E-state index in [0.29, 0.717) is 37.4 Å². The monoisotopic (exact) mass is 423 g/mol. The molecule has 0 radical (unpaired) electrons. The fraction of sp³-hybridized carbons (Fsp3) is 0.435. The summed E-state index contributed by atoms with van der Waals surface area (Å²) in [4.78, 5) is 32.3.